The number of rotatable bonds is 6. The van der Waals surface area contributed by atoms with Crippen LogP contribution in [0, 0.1) is 5.92 Å². The molecule has 1 unspecified atom stereocenters. The third-order valence-corrected chi connectivity index (χ3v) is 3.20. The van der Waals surface area contributed by atoms with Crippen molar-refractivity contribution in [2.75, 3.05) is 0 Å². The lowest BCUT2D eigenvalue weighted by Gasteiger charge is -2.23. The molecule has 2 heterocycles. The molecule has 0 fully saturated rings. The standard InChI is InChI=1S/C15H19NO3/c1-3-12(2)15(17)16(10-13-6-4-8-18-13)11-14-7-5-9-19-14/h4-9,12H,3,10-11H2,1-2H3. The van der Waals surface area contributed by atoms with E-state index in [1.807, 2.05) is 38.1 Å². The van der Waals surface area contributed by atoms with Crippen LogP contribution in [0.4, 0.5) is 0 Å². The van der Waals surface area contributed by atoms with E-state index in [-0.39, 0.29) is 11.8 Å². The second-order valence-corrected chi connectivity index (χ2v) is 4.66. The van der Waals surface area contributed by atoms with Gasteiger partial charge in [0.25, 0.3) is 0 Å². The lowest BCUT2D eigenvalue weighted by atomic mass is 10.1. The number of nitrogens with zero attached hydrogens (tertiary/aromatic N) is 1. The number of furan rings is 2. The highest BCUT2D eigenvalue weighted by Gasteiger charge is 2.21. The topological polar surface area (TPSA) is 46.6 Å². The minimum Gasteiger partial charge on any atom is -0.467 e. The van der Waals surface area contributed by atoms with Gasteiger partial charge < -0.3 is 13.7 Å². The zero-order valence-electron chi connectivity index (χ0n) is 11.3. The quantitative estimate of drug-likeness (QED) is 0.800. The molecule has 0 aliphatic heterocycles. The Morgan fingerprint density at radius 1 is 1.16 bits per heavy atom. The largest absolute Gasteiger partial charge is 0.467 e. The van der Waals surface area contributed by atoms with Crippen LogP contribution in [0.3, 0.4) is 0 Å². The fraction of sp³-hybridized carbons (Fsp3) is 0.400. The Hall–Kier alpha value is -1.97. The molecule has 4 heteroatoms. The summed E-state index contributed by atoms with van der Waals surface area (Å²) in [5.41, 5.74) is 0. The van der Waals surface area contributed by atoms with Gasteiger partial charge in [0.1, 0.15) is 11.5 Å². The van der Waals surface area contributed by atoms with E-state index in [0.29, 0.717) is 13.1 Å². The Kier molecular flexibility index (Phi) is 4.44. The van der Waals surface area contributed by atoms with E-state index >= 15 is 0 Å². The second-order valence-electron chi connectivity index (χ2n) is 4.66. The summed E-state index contributed by atoms with van der Waals surface area (Å²) in [4.78, 5) is 14.1. The predicted molar refractivity (Wildman–Crippen MR) is 71.1 cm³/mol. The van der Waals surface area contributed by atoms with E-state index in [9.17, 15) is 4.79 Å². The number of hydrogen-bond donors (Lipinski definition) is 0. The van der Waals surface area contributed by atoms with E-state index in [0.717, 1.165) is 17.9 Å². The van der Waals surface area contributed by atoms with Gasteiger partial charge in [-0.05, 0) is 30.7 Å². The second kappa shape index (κ2) is 6.27. The van der Waals surface area contributed by atoms with Gasteiger partial charge in [-0.25, -0.2) is 0 Å². The maximum atomic E-state index is 12.4. The van der Waals surface area contributed by atoms with Gasteiger partial charge in [0.2, 0.25) is 5.91 Å². The summed E-state index contributed by atoms with van der Waals surface area (Å²) >= 11 is 0. The van der Waals surface area contributed by atoms with Crippen LogP contribution in [0.15, 0.2) is 45.6 Å². The third-order valence-electron chi connectivity index (χ3n) is 3.20. The number of carbonyl (C=O) groups is 1. The highest BCUT2D eigenvalue weighted by Crippen LogP contribution is 2.15. The molecule has 4 nitrogen and oxygen atoms in total. The fourth-order valence-electron chi connectivity index (χ4n) is 1.88. The number of hydrogen-bond acceptors (Lipinski definition) is 3. The SMILES string of the molecule is CCC(C)C(=O)N(Cc1ccco1)Cc1ccco1. The lowest BCUT2D eigenvalue weighted by molar-refractivity contribution is -0.136. The van der Waals surface area contributed by atoms with Gasteiger partial charge in [-0.2, -0.15) is 0 Å². The normalized spacial score (nSPS) is 12.3. The summed E-state index contributed by atoms with van der Waals surface area (Å²) in [5, 5.41) is 0. The summed E-state index contributed by atoms with van der Waals surface area (Å²) in [6, 6.07) is 7.40. The van der Waals surface area contributed by atoms with Gasteiger partial charge in [0.15, 0.2) is 0 Å². The van der Waals surface area contributed by atoms with E-state index in [1.165, 1.54) is 0 Å². The third kappa shape index (κ3) is 3.50. The van der Waals surface area contributed by atoms with Gasteiger partial charge in [-0.3, -0.25) is 4.79 Å². The van der Waals surface area contributed by atoms with Gasteiger partial charge in [-0.1, -0.05) is 13.8 Å². The van der Waals surface area contributed by atoms with E-state index in [4.69, 9.17) is 8.83 Å². The molecule has 2 aromatic rings. The van der Waals surface area contributed by atoms with E-state index in [2.05, 4.69) is 0 Å². The lowest BCUT2D eigenvalue weighted by Crippen LogP contribution is -2.33. The first-order chi connectivity index (χ1) is 9.20. The molecule has 0 aliphatic rings. The first-order valence-corrected chi connectivity index (χ1v) is 6.54. The predicted octanol–water partition coefficient (Wildman–Crippen LogP) is 3.45. The summed E-state index contributed by atoms with van der Waals surface area (Å²) < 4.78 is 10.6. The van der Waals surface area contributed by atoms with Crippen LogP contribution in [0.2, 0.25) is 0 Å². The summed E-state index contributed by atoms with van der Waals surface area (Å²) in [5.74, 6) is 1.69. The van der Waals surface area contributed by atoms with Gasteiger partial charge in [0, 0.05) is 5.92 Å². The maximum absolute atomic E-state index is 12.4. The average Bonchev–Trinajstić information content (AvgIpc) is 3.09. The Morgan fingerprint density at radius 2 is 1.68 bits per heavy atom. The Morgan fingerprint density at radius 3 is 2.05 bits per heavy atom. The summed E-state index contributed by atoms with van der Waals surface area (Å²) in [7, 11) is 0. The molecule has 0 spiro atoms. The molecular weight excluding hydrogens is 242 g/mol. The van der Waals surface area contributed by atoms with Crippen LogP contribution in [0.25, 0.3) is 0 Å². The Balaban J connectivity index is 2.10. The minimum absolute atomic E-state index is 0.00456. The molecule has 0 saturated carbocycles. The van der Waals surface area contributed by atoms with Crippen LogP contribution in [0.1, 0.15) is 31.8 Å². The van der Waals surface area contributed by atoms with Crippen molar-refractivity contribution >= 4 is 5.91 Å². The molecule has 0 bridgehead atoms. The van der Waals surface area contributed by atoms with Crippen molar-refractivity contribution in [3.8, 4) is 0 Å². The van der Waals surface area contributed by atoms with Gasteiger partial charge >= 0.3 is 0 Å². The molecule has 2 rings (SSSR count). The van der Waals surface area contributed by atoms with Crippen LogP contribution in [0.5, 0.6) is 0 Å². The minimum atomic E-state index is 0.00456. The van der Waals surface area contributed by atoms with Crippen molar-refractivity contribution in [1.82, 2.24) is 4.90 Å². The monoisotopic (exact) mass is 261 g/mol. The van der Waals surface area contributed by atoms with Crippen molar-refractivity contribution < 1.29 is 13.6 Å². The van der Waals surface area contributed by atoms with Crippen molar-refractivity contribution in [3.63, 3.8) is 0 Å². The van der Waals surface area contributed by atoms with Crippen molar-refractivity contribution in [1.29, 1.82) is 0 Å². The molecule has 0 N–H and O–H groups in total. The number of amides is 1. The molecule has 1 amide bonds. The molecule has 1 atom stereocenters. The van der Waals surface area contributed by atoms with E-state index < -0.39 is 0 Å². The molecule has 2 aromatic heterocycles. The number of carbonyl (C=O) groups excluding carboxylic acids is 1. The highest BCUT2D eigenvalue weighted by atomic mass is 16.3. The van der Waals surface area contributed by atoms with Crippen molar-refractivity contribution in [2.45, 2.75) is 33.4 Å². The first-order valence-electron chi connectivity index (χ1n) is 6.54. The van der Waals surface area contributed by atoms with Gasteiger partial charge in [0.05, 0.1) is 25.6 Å². The van der Waals surface area contributed by atoms with Gasteiger partial charge in [-0.15, -0.1) is 0 Å². The van der Waals surface area contributed by atoms with Crippen LogP contribution in [-0.4, -0.2) is 10.8 Å². The van der Waals surface area contributed by atoms with E-state index in [1.54, 1.807) is 17.4 Å². The maximum Gasteiger partial charge on any atom is 0.226 e. The smallest absolute Gasteiger partial charge is 0.226 e. The van der Waals surface area contributed by atoms with Crippen LogP contribution >= 0.6 is 0 Å². The summed E-state index contributed by atoms with van der Waals surface area (Å²) in [6.45, 7) is 4.90. The molecule has 0 aromatic carbocycles. The molecule has 0 saturated heterocycles. The average molecular weight is 261 g/mol. The zero-order valence-corrected chi connectivity index (χ0v) is 11.3. The molecule has 19 heavy (non-hydrogen) atoms. The fourth-order valence-corrected chi connectivity index (χ4v) is 1.88. The molecular formula is C15H19NO3. The van der Waals surface area contributed by atoms with Crippen molar-refractivity contribution in [2.24, 2.45) is 5.92 Å². The molecule has 0 aliphatic carbocycles. The first kappa shape index (κ1) is 13.5. The highest BCUT2D eigenvalue weighted by molar-refractivity contribution is 5.78. The zero-order chi connectivity index (χ0) is 13.7. The summed E-state index contributed by atoms with van der Waals surface area (Å²) in [6.07, 6.45) is 4.06. The van der Waals surface area contributed by atoms with Crippen molar-refractivity contribution in [3.05, 3.63) is 48.3 Å². The molecule has 0 radical (unpaired) electrons. The van der Waals surface area contributed by atoms with Crippen LogP contribution < -0.4 is 0 Å². The molecule has 102 valence electrons. The Labute approximate surface area is 113 Å². The van der Waals surface area contributed by atoms with Crippen LogP contribution in [-0.2, 0) is 17.9 Å². The Bertz CT molecular complexity index is 451.